The second-order valence-electron chi connectivity index (χ2n) is 4.27. The van der Waals surface area contributed by atoms with Gasteiger partial charge in [-0.2, -0.15) is 5.10 Å². The summed E-state index contributed by atoms with van der Waals surface area (Å²) in [6.07, 6.45) is 6.18. The number of hydrogen-bond donors (Lipinski definition) is 1. The Morgan fingerprint density at radius 1 is 1.37 bits per heavy atom. The van der Waals surface area contributed by atoms with Crippen molar-refractivity contribution < 1.29 is 9.90 Å². The fourth-order valence-electron chi connectivity index (χ4n) is 1.86. The van der Waals surface area contributed by atoms with Gasteiger partial charge in [0, 0.05) is 18.3 Å². The fourth-order valence-corrected chi connectivity index (χ4v) is 1.86. The van der Waals surface area contributed by atoms with E-state index in [4.69, 9.17) is 0 Å². The van der Waals surface area contributed by atoms with Crippen molar-refractivity contribution in [3.05, 3.63) is 53.9 Å². The van der Waals surface area contributed by atoms with Crippen LogP contribution in [0.5, 0.6) is 0 Å². The number of aliphatic carboxylic acids is 1. The first kappa shape index (κ1) is 13.1. The molecule has 4 nitrogen and oxygen atoms in total. The van der Waals surface area contributed by atoms with Crippen LogP contribution in [0.2, 0.25) is 0 Å². The van der Waals surface area contributed by atoms with Crippen molar-refractivity contribution in [2.45, 2.75) is 19.9 Å². The highest BCUT2D eigenvalue weighted by Gasteiger charge is 2.10. The molecule has 1 N–H and O–H groups in total. The summed E-state index contributed by atoms with van der Waals surface area (Å²) in [5.74, 6) is -0.936. The van der Waals surface area contributed by atoms with E-state index in [-0.39, 0.29) is 5.57 Å². The topological polar surface area (TPSA) is 55.1 Å². The van der Waals surface area contributed by atoms with Crippen molar-refractivity contribution in [2.75, 3.05) is 0 Å². The molecule has 4 heteroatoms. The molecule has 0 saturated carbocycles. The lowest BCUT2D eigenvalue weighted by Crippen LogP contribution is -1.99. The van der Waals surface area contributed by atoms with Gasteiger partial charge in [0.1, 0.15) is 0 Å². The van der Waals surface area contributed by atoms with E-state index in [1.165, 1.54) is 0 Å². The van der Waals surface area contributed by atoms with Gasteiger partial charge in [-0.15, -0.1) is 0 Å². The lowest BCUT2D eigenvalue weighted by molar-refractivity contribution is -0.130. The summed E-state index contributed by atoms with van der Waals surface area (Å²) < 4.78 is 1.82. The second-order valence-corrected chi connectivity index (χ2v) is 4.27. The summed E-state index contributed by atoms with van der Waals surface area (Å²) in [7, 11) is 0. The van der Waals surface area contributed by atoms with Crippen LogP contribution in [-0.2, 0) is 11.3 Å². The van der Waals surface area contributed by atoms with E-state index in [9.17, 15) is 9.90 Å². The highest BCUT2D eigenvalue weighted by molar-refractivity contribution is 6.20. The van der Waals surface area contributed by atoms with Gasteiger partial charge in [0.15, 0.2) is 0 Å². The minimum atomic E-state index is -0.936. The van der Waals surface area contributed by atoms with E-state index in [1.54, 1.807) is 24.4 Å². The number of carbonyl (C=O) groups is 1. The molecular weight excluding hydrogens is 240 g/mol. The Bertz CT molecular complexity index is 585. The van der Waals surface area contributed by atoms with Crippen molar-refractivity contribution in [1.29, 1.82) is 0 Å². The van der Waals surface area contributed by atoms with Crippen LogP contribution in [0.4, 0.5) is 0 Å². The number of nitrogens with zero attached hydrogens (tertiary/aromatic N) is 2. The first-order chi connectivity index (χ1) is 9.20. The second kappa shape index (κ2) is 6.00. The van der Waals surface area contributed by atoms with Gasteiger partial charge in [-0.1, -0.05) is 37.3 Å². The molecule has 0 aliphatic heterocycles. The maximum Gasteiger partial charge on any atom is 0.336 e. The Labute approximate surface area is 112 Å². The van der Waals surface area contributed by atoms with E-state index < -0.39 is 5.97 Å². The largest absolute Gasteiger partial charge is 0.478 e. The van der Waals surface area contributed by atoms with Crippen molar-refractivity contribution in [1.82, 2.24) is 9.78 Å². The number of hydrogen-bond acceptors (Lipinski definition) is 2. The Hall–Kier alpha value is -2.36. The smallest absolute Gasteiger partial charge is 0.336 e. The number of carboxylic acid groups (broad SMARTS) is 1. The van der Waals surface area contributed by atoms with Crippen LogP contribution in [-0.4, -0.2) is 20.9 Å². The summed E-state index contributed by atoms with van der Waals surface area (Å²) in [5, 5.41) is 13.5. The summed E-state index contributed by atoms with van der Waals surface area (Å²) in [6, 6.07) is 9.09. The van der Waals surface area contributed by atoms with Gasteiger partial charge in [-0.25, -0.2) is 4.79 Å². The molecule has 2 aromatic rings. The molecule has 0 bridgehead atoms. The summed E-state index contributed by atoms with van der Waals surface area (Å²) >= 11 is 0. The third kappa shape index (κ3) is 3.31. The molecular formula is C15H16N2O2. The molecule has 0 spiro atoms. The molecule has 0 amide bonds. The summed E-state index contributed by atoms with van der Waals surface area (Å²) in [5.41, 5.74) is 1.77. The Kier molecular flexibility index (Phi) is 4.13. The Morgan fingerprint density at radius 2 is 2.11 bits per heavy atom. The van der Waals surface area contributed by atoms with Crippen molar-refractivity contribution in [3.63, 3.8) is 0 Å². The molecule has 1 aromatic carbocycles. The van der Waals surface area contributed by atoms with Gasteiger partial charge >= 0.3 is 5.97 Å². The molecule has 2 rings (SSSR count). The van der Waals surface area contributed by atoms with E-state index in [0.29, 0.717) is 5.56 Å². The number of benzene rings is 1. The van der Waals surface area contributed by atoms with Crippen LogP contribution in [0, 0.1) is 0 Å². The van der Waals surface area contributed by atoms with Gasteiger partial charge in [0.05, 0.1) is 11.8 Å². The van der Waals surface area contributed by atoms with Crippen LogP contribution >= 0.6 is 0 Å². The number of aromatic nitrogens is 2. The van der Waals surface area contributed by atoms with Crippen LogP contribution in [0.1, 0.15) is 24.5 Å². The highest BCUT2D eigenvalue weighted by atomic mass is 16.4. The van der Waals surface area contributed by atoms with Gasteiger partial charge in [-0.3, -0.25) is 4.68 Å². The van der Waals surface area contributed by atoms with Crippen molar-refractivity contribution in [3.8, 4) is 0 Å². The van der Waals surface area contributed by atoms with E-state index in [1.807, 2.05) is 29.1 Å². The number of carboxylic acids is 1. The van der Waals surface area contributed by atoms with Gasteiger partial charge in [0.2, 0.25) is 0 Å². The van der Waals surface area contributed by atoms with E-state index in [0.717, 1.165) is 18.5 Å². The highest BCUT2D eigenvalue weighted by Crippen LogP contribution is 2.18. The summed E-state index contributed by atoms with van der Waals surface area (Å²) in [6.45, 7) is 2.91. The molecule has 0 radical (unpaired) electrons. The summed E-state index contributed by atoms with van der Waals surface area (Å²) in [4.78, 5) is 11.3. The first-order valence-corrected chi connectivity index (χ1v) is 6.23. The Morgan fingerprint density at radius 3 is 2.74 bits per heavy atom. The zero-order valence-corrected chi connectivity index (χ0v) is 10.8. The minimum Gasteiger partial charge on any atom is -0.478 e. The average Bonchev–Trinajstić information content (AvgIpc) is 2.85. The Balaban J connectivity index is 2.33. The maximum absolute atomic E-state index is 11.3. The zero-order valence-electron chi connectivity index (χ0n) is 10.8. The predicted octanol–water partition coefficient (Wildman–Crippen LogP) is 2.92. The molecule has 0 unspecified atom stereocenters. The third-order valence-electron chi connectivity index (χ3n) is 2.73. The SMILES string of the molecule is CCCn1cc(/C=C(/C(=O)O)c2ccccc2)cn1. The molecule has 0 fully saturated rings. The molecule has 1 aromatic heterocycles. The minimum absolute atomic E-state index is 0.275. The van der Waals surface area contributed by atoms with Crippen molar-refractivity contribution >= 4 is 17.6 Å². The molecule has 0 aliphatic rings. The average molecular weight is 256 g/mol. The van der Waals surface area contributed by atoms with E-state index in [2.05, 4.69) is 12.0 Å². The van der Waals surface area contributed by atoms with Crippen molar-refractivity contribution in [2.24, 2.45) is 0 Å². The molecule has 0 saturated heterocycles. The van der Waals surface area contributed by atoms with Crippen LogP contribution in [0.3, 0.4) is 0 Å². The monoisotopic (exact) mass is 256 g/mol. The lowest BCUT2D eigenvalue weighted by Gasteiger charge is -2.01. The molecule has 1 heterocycles. The van der Waals surface area contributed by atoms with Gasteiger partial charge in [0.25, 0.3) is 0 Å². The third-order valence-corrected chi connectivity index (χ3v) is 2.73. The molecule has 98 valence electrons. The van der Waals surface area contributed by atoms with E-state index >= 15 is 0 Å². The molecule has 0 aliphatic carbocycles. The number of rotatable bonds is 5. The fraction of sp³-hybridized carbons (Fsp3) is 0.200. The predicted molar refractivity (Wildman–Crippen MR) is 74.5 cm³/mol. The molecule has 19 heavy (non-hydrogen) atoms. The van der Waals surface area contributed by atoms with Crippen LogP contribution in [0.25, 0.3) is 11.6 Å². The zero-order chi connectivity index (χ0) is 13.7. The maximum atomic E-state index is 11.3. The normalized spacial score (nSPS) is 11.5. The number of aryl methyl sites for hydroxylation is 1. The van der Waals surface area contributed by atoms with Crippen LogP contribution < -0.4 is 0 Å². The standard InChI is InChI=1S/C15H16N2O2/c1-2-8-17-11-12(10-16-17)9-14(15(18)19)13-6-4-3-5-7-13/h3-7,9-11H,2,8H2,1H3,(H,18,19)/b14-9+. The van der Waals surface area contributed by atoms with Gasteiger partial charge in [-0.05, 0) is 18.1 Å². The van der Waals surface area contributed by atoms with Crippen LogP contribution in [0.15, 0.2) is 42.7 Å². The molecule has 0 atom stereocenters. The first-order valence-electron chi connectivity index (χ1n) is 6.23. The quantitative estimate of drug-likeness (QED) is 0.837. The lowest BCUT2D eigenvalue weighted by atomic mass is 10.0. The van der Waals surface area contributed by atoms with Gasteiger partial charge < -0.3 is 5.11 Å².